The summed E-state index contributed by atoms with van der Waals surface area (Å²) in [7, 11) is 0. The van der Waals surface area contributed by atoms with E-state index < -0.39 is 0 Å². The van der Waals surface area contributed by atoms with Gasteiger partial charge in [0.1, 0.15) is 0 Å². The summed E-state index contributed by atoms with van der Waals surface area (Å²) in [6.07, 6.45) is 9.74. The van der Waals surface area contributed by atoms with Crippen molar-refractivity contribution in [3.8, 4) is 0 Å². The third kappa shape index (κ3) is 12.3. The first-order valence-corrected chi connectivity index (χ1v) is 7.77. The molecule has 0 aliphatic rings. The molecule has 0 aliphatic carbocycles. The quantitative estimate of drug-likeness (QED) is 0.471. The normalized spacial score (nSPS) is 12.8. The average Bonchev–Trinajstić information content (AvgIpc) is 2.39. The van der Waals surface area contributed by atoms with Crippen LogP contribution in [0.5, 0.6) is 0 Å². The predicted molar refractivity (Wildman–Crippen MR) is 78.0 cm³/mol. The molecule has 2 N–H and O–H groups in total. The van der Waals surface area contributed by atoms with E-state index in [1.54, 1.807) is 0 Å². The standard InChI is InChI=1S/C15H33NO2/c1-3-5-6-7-8-9-13-18-14-15(10-12-17)16-11-4-2/h15-17H,3-14H2,1-2H3. The van der Waals surface area contributed by atoms with Crippen molar-refractivity contribution in [3.05, 3.63) is 0 Å². The van der Waals surface area contributed by atoms with Gasteiger partial charge in [0.15, 0.2) is 0 Å². The van der Waals surface area contributed by atoms with Gasteiger partial charge in [0.05, 0.1) is 6.61 Å². The summed E-state index contributed by atoms with van der Waals surface area (Å²) in [6.45, 7) is 7.23. The second-order valence-corrected chi connectivity index (χ2v) is 5.01. The number of hydrogen-bond acceptors (Lipinski definition) is 3. The Kier molecular flexibility index (Phi) is 14.8. The first kappa shape index (κ1) is 17.9. The van der Waals surface area contributed by atoms with Crippen molar-refractivity contribution < 1.29 is 9.84 Å². The Hall–Kier alpha value is -0.120. The van der Waals surface area contributed by atoms with E-state index in [-0.39, 0.29) is 6.61 Å². The van der Waals surface area contributed by atoms with Crippen LogP contribution in [0.1, 0.15) is 65.2 Å². The van der Waals surface area contributed by atoms with Crippen molar-refractivity contribution in [3.63, 3.8) is 0 Å². The summed E-state index contributed by atoms with van der Waals surface area (Å²) in [5.74, 6) is 0. The van der Waals surface area contributed by atoms with E-state index in [1.807, 2.05) is 0 Å². The van der Waals surface area contributed by atoms with Gasteiger partial charge in [0.2, 0.25) is 0 Å². The molecule has 0 bridgehead atoms. The van der Waals surface area contributed by atoms with E-state index in [4.69, 9.17) is 9.84 Å². The Morgan fingerprint density at radius 2 is 1.72 bits per heavy atom. The van der Waals surface area contributed by atoms with Gasteiger partial charge in [0.25, 0.3) is 0 Å². The van der Waals surface area contributed by atoms with E-state index in [1.165, 1.54) is 38.5 Å². The second-order valence-electron chi connectivity index (χ2n) is 5.01. The van der Waals surface area contributed by atoms with Crippen molar-refractivity contribution in [1.29, 1.82) is 0 Å². The highest BCUT2D eigenvalue weighted by molar-refractivity contribution is 4.65. The van der Waals surface area contributed by atoms with E-state index in [0.717, 1.165) is 32.6 Å². The third-order valence-corrected chi connectivity index (χ3v) is 3.12. The number of hydrogen-bond donors (Lipinski definition) is 2. The highest BCUT2D eigenvalue weighted by atomic mass is 16.5. The Labute approximate surface area is 113 Å². The molecule has 0 aromatic rings. The monoisotopic (exact) mass is 259 g/mol. The fourth-order valence-corrected chi connectivity index (χ4v) is 1.96. The molecule has 110 valence electrons. The van der Waals surface area contributed by atoms with Crippen LogP contribution in [-0.2, 0) is 4.74 Å². The van der Waals surface area contributed by atoms with Crippen LogP contribution in [0.15, 0.2) is 0 Å². The van der Waals surface area contributed by atoms with Gasteiger partial charge in [-0.1, -0.05) is 46.0 Å². The van der Waals surface area contributed by atoms with Crippen LogP contribution in [0.4, 0.5) is 0 Å². The minimum Gasteiger partial charge on any atom is -0.396 e. The highest BCUT2D eigenvalue weighted by Gasteiger charge is 2.06. The van der Waals surface area contributed by atoms with E-state index in [0.29, 0.717) is 6.04 Å². The first-order valence-electron chi connectivity index (χ1n) is 7.77. The number of aliphatic hydroxyl groups excluding tert-OH is 1. The fourth-order valence-electron chi connectivity index (χ4n) is 1.96. The molecule has 0 heterocycles. The molecule has 0 aromatic carbocycles. The molecule has 0 amide bonds. The Bertz CT molecular complexity index is 153. The number of rotatable bonds is 14. The lowest BCUT2D eigenvalue weighted by Crippen LogP contribution is -2.35. The highest BCUT2D eigenvalue weighted by Crippen LogP contribution is 2.05. The predicted octanol–water partition coefficient (Wildman–Crippen LogP) is 3.11. The van der Waals surface area contributed by atoms with Gasteiger partial charge < -0.3 is 15.2 Å². The molecule has 1 unspecified atom stereocenters. The van der Waals surface area contributed by atoms with Crippen LogP contribution >= 0.6 is 0 Å². The molecule has 18 heavy (non-hydrogen) atoms. The molecule has 1 atom stereocenters. The molecule has 0 saturated heterocycles. The Morgan fingerprint density at radius 1 is 1.00 bits per heavy atom. The maximum Gasteiger partial charge on any atom is 0.0620 e. The van der Waals surface area contributed by atoms with Crippen LogP contribution in [0.3, 0.4) is 0 Å². The summed E-state index contributed by atoms with van der Waals surface area (Å²) in [5, 5.41) is 12.4. The molecule has 0 saturated carbocycles. The van der Waals surface area contributed by atoms with Crippen LogP contribution in [-0.4, -0.2) is 37.5 Å². The van der Waals surface area contributed by atoms with E-state index >= 15 is 0 Å². The molecule has 0 aromatic heterocycles. The SMILES string of the molecule is CCCCCCCCOCC(CCO)NCCC. The van der Waals surface area contributed by atoms with Gasteiger partial charge in [-0.3, -0.25) is 0 Å². The zero-order valence-corrected chi connectivity index (χ0v) is 12.4. The zero-order chi connectivity index (χ0) is 13.5. The summed E-state index contributed by atoms with van der Waals surface area (Å²) < 4.78 is 5.68. The summed E-state index contributed by atoms with van der Waals surface area (Å²) in [6, 6.07) is 0.315. The van der Waals surface area contributed by atoms with Gasteiger partial charge >= 0.3 is 0 Å². The van der Waals surface area contributed by atoms with Crippen molar-refractivity contribution in [2.24, 2.45) is 0 Å². The van der Waals surface area contributed by atoms with Gasteiger partial charge in [-0.15, -0.1) is 0 Å². The number of nitrogens with one attached hydrogen (secondary N) is 1. The molecule has 0 rings (SSSR count). The molecular weight excluding hydrogens is 226 g/mol. The van der Waals surface area contributed by atoms with Crippen molar-refractivity contribution >= 4 is 0 Å². The topological polar surface area (TPSA) is 41.5 Å². The molecule has 3 nitrogen and oxygen atoms in total. The van der Waals surface area contributed by atoms with Gasteiger partial charge in [-0.05, 0) is 25.8 Å². The third-order valence-electron chi connectivity index (χ3n) is 3.12. The lowest BCUT2D eigenvalue weighted by Gasteiger charge is -2.17. The van der Waals surface area contributed by atoms with E-state index in [9.17, 15) is 0 Å². The van der Waals surface area contributed by atoms with Crippen molar-refractivity contribution in [1.82, 2.24) is 5.32 Å². The molecule has 0 fully saturated rings. The van der Waals surface area contributed by atoms with Gasteiger partial charge in [0, 0.05) is 19.3 Å². The number of ether oxygens (including phenoxy) is 1. The summed E-state index contributed by atoms with van der Waals surface area (Å²) in [5.41, 5.74) is 0. The van der Waals surface area contributed by atoms with Crippen LogP contribution < -0.4 is 5.32 Å². The largest absolute Gasteiger partial charge is 0.396 e. The smallest absolute Gasteiger partial charge is 0.0620 e. The summed E-state index contributed by atoms with van der Waals surface area (Å²) in [4.78, 5) is 0. The van der Waals surface area contributed by atoms with Gasteiger partial charge in [-0.25, -0.2) is 0 Å². The molecule has 0 aliphatic heterocycles. The minimum atomic E-state index is 0.238. The first-order chi connectivity index (χ1) is 8.85. The number of unbranched alkanes of at least 4 members (excludes halogenated alkanes) is 5. The molecule has 3 heteroatoms. The maximum atomic E-state index is 8.96. The maximum absolute atomic E-state index is 8.96. The van der Waals surface area contributed by atoms with Crippen LogP contribution in [0, 0.1) is 0 Å². The summed E-state index contributed by atoms with van der Waals surface area (Å²) >= 11 is 0. The second kappa shape index (κ2) is 14.9. The lowest BCUT2D eigenvalue weighted by molar-refractivity contribution is 0.0984. The lowest BCUT2D eigenvalue weighted by atomic mass is 10.1. The molecule has 0 spiro atoms. The average molecular weight is 259 g/mol. The fraction of sp³-hybridized carbons (Fsp3) is 1.00. The molecular formula is C15H33NO2. The van der Waals surface area contributed by atoms with Crippen LogP contribution in [0.25, 0.3) is 0 Å². The Balaban J connectivity index is 3.31. The zero-order valence-electron chi connectivity index (χ0n) is 12.4. The molecule has 0 radical (unpaired) electrons. The van der Waals surface area contributed by atoms with Gasteiger partial charge in [-0.2, -0.15) is 0 Å². The van der Waals surface area contributed by atoms with Crippen molar-refractivity contribution in [2.75, 3.05) is 26.4 Å². The minimum absolute atomic E-state index is 0.238. The van der Waals surface area contributed by atoms with E-state index in [2.05, 4.69) is 19.2 Å². The van der Waals surface area contributed by atoms with Crippen molar-refractivity contribution in [2.45, 2.75) is 71.3 Å². The Morgan fingerprint density at radius 3 is 2.39 bits per heavy atom. The van der Waals surface area contributed by atoms with Crippen LogP contribution in [0.2, 0.25) is 0 Å². The number of aliphatic hydroxyl groups is 1.